The van der Waals surface area contributed by atoms with Crippen LogP contribution >= 0.6 is 23.2 Å². The summed E-state index contributed by atoms with van der Waals surface area (Å²) in [6.45, 7) is 2.58. The molecule has 0 fully saturated rings. The van der Waals surface area contributed by atoms with Crippen LogP contribution in [0.5, 0.6) is 0 Å². The molecule has 0 aliphatic carbocycles. The molecule has 0 saturated heterocycles. The molecule has 138 valence electrons. The lowest BCUT2D eigenvalue weighted by atomic mass is 9.98. The fraction of sp³-hybridized carbons (Fsp3) is 0.238. The van der Waals surface area contributed by atoms with Crippen LogP contribution in [0.25, 0.3) is 11.0 Å². The van der Waals surface area contributed by atoms with Crippen molar-refractivity contribution in [3.8, 4) is 0 Å². The van der Waals surface area contributed by atoms with Gasteiger partial charge in [-0.05, 0) is 36.2 Å². The predicted octanol–water partition coefficient (Wildman–Crippen LogP) is 5.45. The molecular weight excluding hydrogens is 385 g/mol. The highest BCUT2D eigenvalue weighted by Crippen LogP contribution is 2.39. The van der Waals surface area contributed by atoms with E-state index in [0.29, 0.717) is 33.1 Å². The number of nitrogens with zero attached hydrogens (tertiary/aromatic N) is 1. The number of carbonyl (C=O) groups is 1. The van der Waals surface area contributed by atoms with Gasteiger partial charge in [0.15, 0.2) is 5.43 Å². The number of hydrogen-bond donors (Lipinski definition) is 0. The molecule has 0 spiro atoms. The van der Waals surface area contributed by atoms with Gasteiger partial charge in [-0.1, -0.05) is 54.7 Å². The largest absolute Gasteiger partial charge is 0.450 e. The maximum Gasteiger partial charge on any atom is 0.290 e. The predicted molar refractivity (Wildman–Crippen MR) is 107 cm³/mol. The first kappa shape index (κ1) is 18.1. The molecule has 2 aromatic carbocycles. The van der Waals surface area contributed by atoms with Gasteiger partial charge in [-0.2, -0.15) is 0 Å². The van der Waals surface area contributed by atoms with Crippen molar-refractivity contribution < 1.29 is 9.21 Å². The molecule has 1 aliphatic heterocycles. The Balaban J connectivity index is 1.97. The van der Waals surface area contributed by atoms with Crippen LogP contribution in [0, 0.1) is 0 Å². The lowest BCUT2D eigenvalue weighted by Crippen LogP contribution is -2.30. The monoisotopic (exact) mass is 401 g/mol. The highest BCUT2D eigenvalue weighted by Gasteiger charge is 2.42. The van der Waals surface area contributed by atoms with E-state index in [-0.39, 0.29) is 17.1 Å². The quantitative estimate of drug-likeness (QED) is 0.584. The second-order valence-corrected chi connectivity index (χ2v) is 7.41. The Kier molecular flexibility index (Phi) is 4.70. The smallest absolute Gasteiger partial charge is 0.290 e. The highest BCUT2D eigenvalue weighted by atomic mass is 35.5. The molecule has 1 atom stereocenters. The Bertz CT molecular complexity index is 1110. The second-order valence-electron chi connectivity index (χ2n) is 6.60. The van der Waals surface area contributed by atoms with Crippen molar-refractivity contribution in [2.24, 2.45) is 0 Å². The van der Waals surface area contributed by atoms with Crippen LogP contribution in [-0.2, 0) is 0 Å². The lowest BCUT2D eigenvalue weighted by Gasteiger charge is -2.25. The molecule has 4 nitrogen and oxygen atoms in total. The van der Waals surface area contributed by atoms with Gasteiger partial charge in [-0.3, -0.25) is 9.59 Å². The first-order chi connectivity index (χ1) is 13.0. The van der Waals surface area contributed by atoms with E-state index in [1.54, 1.807) is 47.4 Å². The minimum atomic E-state index is -0.533. The van der Waals surface area contributed by atoms with E-state index in [9.17, 15) is 9.59 Å². The molecule has 0 radical (unpaired) electrons. The summed E-state index contributed by atoms with van der Waals surface area (Å²) in [7, 11) is 0. The van der Waals surface area contributed by atoms with Crippen LogP contribution < -0.4 is 5.43 Å². The summed E-state index contributed by atoms with van der Waals surface area (Å²) in [6.07, 6.45) is 1.75. The van der Waals surface area contributed by atoms with Crippen molar-refractivity contribution >= 4 is 40.1 Å². The van der Waals surface area contributed by atoms with Crippen molar-refractivity contribution in [2.75, 3.05) is 6.54 Å². The fourth-order valence-electron chi connectivity index (χ4n) is 3.56. The molecule has 2 heterocycles. The zero-order valence-corrected chi connectivity index (χ0v) is 16.2. The summed E-state index contributed by atoms with van der Waals surface area (Å²) in [5, 5.41) is 1.28. The Morgan fingerprint density at radius 2 is 1.85 bits per heavy atom. The number of unbranched alkanes of at least 4 members (excludes halogenated alkanes) is 1. The summed E-state index contributed by atoms with van der Waals surface area (Å²) in [5.74, 6) is -0.150. The van der Waals surface area contributed by atoms with Gasteiger partial charge in [0.25, 0.3) is 5.91 Å². The first-order valence-electron chi connectivity index (χ1n) is 8.84. The number of hydrogen-bond acceptors (Lipinski definition) is 3. The molecule has 1 amide bonds. The average Bonchev–Trinajstić information content (AvgIpc) is 2.95. The van der Waals surface area contributed by atoms with Crippen molar-refractivity contribution in [3.05, 3.63) is 79.6 Å². The highest BCUT2D eigenvalue weighted by molar-refractivity contribution is 6.42. The molecule has 1 aliphatic rings. The van der Waals surface area contributed by atoms with Gasteiger partial charge >= 0.3 is 0 Å². The van der Waals surface area contributed by atoms with E-state index in [1.807, 2.05) is 0 Å². The number of carbonyl (C=O) groups excluding carboxylic acids is 1. The third kappa shape index (κ3) is 2.93. The minimum Gasteiger partial charge on any atom is -0.450 e. The minimum absolute atomic E-state index is 0.117. The number of benzene rings is 2. The van der Waals surface area contributed by atoms with Crippen molar-refractivity contribution in [1.82, 2.24) is 4.90 Å². The summed E-state index contributed by atoms with van der Waals surface area (Å²) >= 11 is 12.3. The van der Waals surface area contributed by atoms with Crippen LogP contribution in [0.1, 0.15) is 47.5 Å². The van der Waals surface area contributed by atoms with Gasteiger partial charge in [-0.15, -0.1) is 0 Å². The first-order valence-corrected chi connectivity index (χ1v) is 9.60. The van der Waals surface area contributed by atoms with Crippen LogP contribution in [-0.4, -0.2) is 17.4 Å². The maximum absolute atomic E-state index is 13.2. The average molecular weight is 402 g/mol. The van der Waals surface area contributed by atoms with E-state index < -0.39 is 6.04 Å². The van der Waals surface area contributed by atoms with Crippen LogP contribution in [0.2, 0.25) is 10.0 Å². The third-order valence-electron chi connectivity index (χ3n) is 4.89. The molecule has 0 saturated carbocycles. The SMILES string of the molecule is CCCCN1C(=O)c2oc3ccccc3c(=O)c2[C@@H]1c1ccc(Cl)c(Cl)c1. The number of para-hydroxylation sites is 1. The second kappa shape index (κ2) is 7.02. The molecule has 3 aromatic rings. The van der Waals surface area contributed by atoms with E-state index in [0.717, 1.165) is 18.4 Å². The fourth-order valence-corrected chi connectivity index (χ4v) is 3.86. The molecule has 0 bridgehead atoms. The van der Waals surface area contributed by atoms with E-state index in [1.165, 1.54) is 0 Å². The summed E-state index contributed by atoms with van der Waals surface area (Å²) in [5.41, 5.74) is 1.35. The van der Waals surface area contributed by atoms with Gasteiger partial charge in [0, 0.05) is 6.54 Å². The number of fused-ring (bicyclic) bond motifs is 2. The van der Waals surface area contributed by atoms with Crippen molar-refractivity contribution in [3.63, 3.8) is 0 Å². The topological polar surface area (TPSA) is 50.5 Å². The van der Waals surface area contributed by atoms with Crippen molar-refractivity contribution in [2.45, 2.75) is 25.8 Å². The summed E-state index contributed by atoms with van der Waals surface area (Å²) < 4.78 is 5.86. The molecule has 6 heteroatoms. The van der Waals surface area contributed by atoms with E-state index in [4.69, 9.17) is 27.6 Å². The maximum atomic E-state index is 13.2. The Morgan fingerprint density at radius 1 is 1.07 bits per heavy atom. The summed E-state index contributed by atoms with van der Waals surface area (Å²) in [6, 6.07) is 11.6. The zero-order chi connectivity index (χ0) is 19.1. The van der Waals surface area contributed by atoms with Gasteiger partial charge in [-0.25, -0.2) is 0 Å². The van der Waals surface area contributed by atoms with Gasteiger partial charge in [0.2, 0.25) is 5.76 Å². The van der Waals surface area contributed by atoms with Gasteiger partial charge < -0.3 is 9.32 Å². The Morgan fingerprint density at radius 3 is 2.59 bits per heavy atom. The molecule has 0 N–H and O–H groups in total. The molecule has 1 aromatic heterocycles. The van der Waals surface area contributed by atoms with Gasteiger partial charge in [0.05, 0.1) is 27.0 Å². The lowest BCUT2D eigenvalue weighted by molar-refractivity contribution is 0.0725. The normalized spacial score (nSPS) is 16.2. The number of halogens is 2. The van der Waals surface area contributed by atoms with E-state index in [2.05, 4.69) is 6.92 Å². The standard InChI is InChI=1S/C21H17Cl2NO3/c1-2-3-10-24-18(12-8-9-14(22)15(23)11-12)17-19(25)13-6-4-5-7-16(13)27-20(17)21(24)26/h4-9,11,18H,2-3,10H2,1H3/t18-/m0/s1. The van der Waals surface area contributed by atoms with Crippen LogP contribution in [0.15, 0.2) is 51.7 Å². The zero-order valence-electron chi connectivity index (χ0n) is 14.7. The van der Waals surface area contributed by atoms with Crippen LogP contribution in [0.3, 0.4) is 0 Å². The molecule has 0 unspecified atom stereocenters. The van der Waals surface area contributed by atoms with E-state index >= 15 is 0 Å². The molecule has 27 heavy (non-hydrogen) atoms. The van der Waals surface area contributed by atoms with Crippen molar-refractivity contribution in [1.29, 1.82) is 0 Å². The third-order valence-corrected chi connectivity index (χ3v) is 5.62. The Hall–Kier alpha value is -2.30. The van der Waals surface area contributed by atoms with Gasteiger partial charge in [0.1, 0.15) is 5.58 Å². The number of rotatable bonds is 4. The summed E-state index contributed by atoms with van der Waals surface area (Å²) in [4.78, 5) is 28.0. The van der Waals surface area contributed by atoms with Crippen LogP contribution in [0.4, 0.5) is 0 Å². The molecule has 4 rings (SSSR count). The number of amides is 1. The molecular formula is C21H17Cl2NO3. The Labute approximate surface area is 166 Å².